The Bertz CT molecular complexity index is 715. The van der Waals surface area contributed by atoms with Crippen molar-refractivity contribution in [2.75, 3.05) is 30.4 Å². The van der Waals surface area contributed by atoms with Gasteiger partial charge in [-0.15, -0.1) is 0 Å². The lowest BCUT2D eigenvalue weighted by molar-refractivity contribution is 0.102. The zero-order valence-corrected chi connectivity index (χ0v) is 15.0. The molecule has 0 fully saturated rings. The van der Waals surface area contributed by atoms with Crippen molar-refractivity contribution < 1.29 is 9.53 Å². The maximum atomic E-state index is 12.4. The molecule has 2 rings (SSSR count). The second-order valence-corrected chi connectivity index (χ2v) is 5.60. The predicted octanol–water partition coefficient (Wildman–Crippen LogP) is 3.55. The first-order valence-corrected chi connectivity index (χ1v) is 8.10. The summed E-state index contributed by atoms with van der Waals surface area (Å²) < 4.78 is 5.26. The first kappa shape index (κ1) is 18.0. The highest BCUT2D eigenvalue weighted by molar-refractivity contribution is 6.31. The fraction of sp³-hybridized carbons (Fsp3) is 0.353. The van der Waals surface area contributed by atoms with Gasteiger partial charge in [-0.25, -0.2) is 9.97 Å². The number of aryl methyl sites for hydroxylation is 1. The number of halogens is 1. The molecule has 7 heteroatoms. The molecule has 1 heterocycles. The second kappa shape index (κ2) is 7.97. The highest BCUT2D eigenvalue weighted by Gasteiger charge is 2.14. The molecule has 0 aliphatic rings. The van der Waals surface area contributed by atoms with Crippen molar-refractivity contribution >= 4 is 29.0 Å². The zero-order valence-electron chi connectivity index (χ0n) is 14.3. The zero-order chi connectivity index (χ0) is 17.7. The highest BCUT2D eigenvalue weighted by atomic mass is 35.5. The van der Waals surface area contributed by atoms with E-state index in [2.05, 4.69) is 20.2 Å². The number of aromatic nitrogens is 2. The van der Waals surface area contributed by atoms with E-state index in [1.807, 2.05) is 20.8 Å². The van der Waals surface area contributed by atoms with Crippen LogP contribution in [0.25, 0.3) is 0 Å². The molecule has 2 aromatic rings. The number of anilines is 2. The van der Waals surface area contributed by atoms with E-state index >= 15 is 0 Å². The Morgan fingerprint density at radius 3 is 2.50 bits per heavy atom. The van der Waals surface area contributed by atoms with Gasteiger partial charge in [0.15, 0.2) is 0 Å². The monoisotopic (exact) mass is 348 g/mol. The average Bonchev–Trinajstić information content (AvgIpc) is 2.59. The number of nitrogens with zero attached hydrogens (tertiary/aromatic N) is 3. The van der Waals surface area contributed by atoms with Crippen molar-refractivity contribution in [2.45, 2.75) is 20.8 Å². The summed E-state index contributed by atoms with van der Waals surface area (Å²) in [6.07, 6.45) is 3.07. The van der Waals surface area contributed by atoms with Crippen molar-refractivity contribution in [3.63, 3.8) is 0 Å². The lowest BCUT2D eigenvalue weighted by atomic mass is 10.2. The fourth-order valence-corrected chi connectivity index (χ4v) is 2.42. The number of hydrogen-bond acceptors (Lipinski definition) is 5. The third-order valence-electron chi connectivity index (χ3n) is 3.69. The van der Waals surface area contributed by atoms with Crippen LogP contribution < -0.4 is 15.0 Å². The van der Waals surface area contributed by atoms with Gasteiger partial charge in [-0.1, -0.05) is 11.6 Å². The number of ether oxygens (including phenoxy) is 1. The molecule has 0 unspecified atom stereocenters. The molecule has 0 aliphatic carbocycles. The van der Waals surface area contributed by atoms with Crippen LogP contribution in [0.15, 0.2) is 24.5 Å². The molecule has 0 aliphatic heterocycles. The highest BCUT2D eigenvalue weighted by Crippen LogP contribution is 2.31. The third-order valence-corrected chi connectivity index (χ3v) is 4.09. The van der Waals surface area contributed by atoms with E-state index in [9.17, 15) is 4.79 Å². The third kappa shape index (κ3) is 3.94. The summed E-state index contributed by atoms with van der Waals surface area (Å²) >= 11 is 6.07. The predicted molar refractivity (Wildman–Crippen MR) is 96.3 cm³/mol. The molecule has 0 saturated heterocycles. The molecule has 0 radical (unpaired) electrons. The van der Waals surface area contributed by atoms with Crippen LogP contribution in [0.5, 0.6) is 5.75 Å². The van der Waals surface area contributed by atoms with Gasteiger partial charge < -0.3 is 15.0 Å². The largest absolute Gasteiger partial charge is 0.495 e. The summed E-state index contributed by atoms with van der Waals surface area (Å²) in [5.74, 6) is 0.886. The van der Waals surface area contributed by atoms with E-state index in [0.717, 1.165) is 24.5 Å². The molecule has 1 amide bonds. The summed E-state index contributed by atoms with van der Waals surface area (Å²) in [4.78, 5) is 23.0. The van der Waals surface area contributed by atoms with Crippen LogP contribution in [0, 0.1) is 6.92 Å². The van der Waals surface area contributed by atoms with Gasteiger partial charge >= 0.3 is 0 Å². The van der Waals surface area contributed by atoms with Crippen LogP contribution in [0.3, 0.4) is 0 Å². The number of methoxy groups -OCH3 is 1. The summed E-state index contributed by atoms with van der Waals surface area (Å²) in [5, 5.41) is 3.36. The van der Waals surface area contributed by atoms with Crippen molar-refractivity contribution in [3.05, 3.63) is 40.8 Å². The molecule has 6 nitrogen and oxygen atoms in total. The van der Waals surface area contributed by atoms with E-state index in [-0.39, 0.29) is 11.6 Å². The van der Waals surface area contributed by atoms with Crippen LogP contribution >= 0.6 is 11.6 Å². The number of hydrogen-bond donors (Lipinski definition) is 1. The topological polar surface area (TPSA) is 67.4 Å². The number of carbonyl (C=O) groups is 1. The maximum absolute atomic E-state index is 12.4. The van der Waals surface area contributed by atoms with Crippen molar-refractivity contribution in [1.82, 2.24) is 9.97 Å². The second-order valence-electron chi connectivity index (χ2n) is 5.19. The number of carbonyl (C=O) groups excluding carboxylic acids is 1. The Labute approximate surface area is 146 Å². The van der Waals surface area contributed by atoms with Crippen molar-refractivity contribution in [3.8, 4) is 5.75 Å². The van der Waals surface area contributed by atoms with Gasteiger partial charge in [-0.05, 0) is 32.4 Å². The Morgan fingerprint density at radius 2 is 1.96 bits per heavy atom. The van der Waals surface area contributed by atoms with Crippen LogP contribution in [0.1, 0.15) is 29.9 Å². The molecular formula is C17H21ClN4O2. The van der Waals surface area contributed by atoms with E-state index < -0.39 is 0 Å². The van der Waals surface area contributed by atoms with Crippen LogP contribution in [0.2, 0.25) is 5.02 Å². The number of nitrogens with one attached hydrogen (secondary N) is 1. The maximum Gasteiger partial charge on any atom is 0.275 e. The molecule has 1 aromatic carbocycles. The quantitative estimate of drug-likeness (QED) is 0.864. The van der Waals surface area contributed by atoms with Gasteiger partial charge in [-0.3, -0.25) is 4.79 Å². The van der Waals surface area contributed by atoms with Gasteiger partial charge in [0.05, 0.1) is 25.2 Å². The van der Waals surface area contributed by atoms with Crippen molar-refractivity contribution in [1.29, 1.82) is 0 Å². The Kier molecular flexibility index (Phi) is 5.98. The van der Waals surface area contributed by atoms with Gasteiger partial charge in [0.25, 0.3) is 5.91 Å². The smallest absolute Gasteiger partial charge is 0.275 e. The van der Waals surface area contributed by atoms with E-state index in [1.54, 1.807) is 18.3 Å². The first-order valence-electron chi connectivity index (χ1n) is 7.72. The summed E-state index contributed by atoms with van der Waals surface area (Å²) in [5.41, 5.74) is 1.62. The lowest BCUT2D eigenvalue weighted by Gasteiger charge is -2.19. The molecular weight excluding hydrogens is 328 g/mol. The lowest BCUT2D eigenvalue weighted by Crippen LogP contribution is -2.23. The summed E-state index contributed by atoms with van der Waals surface area (Å²) in [6, 6.07) is 3.43. The fourth-order valence-electron chi connectivity index (χ4n) is 2.27. The minimum absolute atomic E-state index is 0.237. The van der Waals surface area contributed by atoms with Crippen LogP contribution in [-0.4, -0.2) is 36.1 Å². The normalized spacial score (nSPS) is 10.4. The molecule has 128 valence electrons. The average molecular weight is 349 g/mol. The Morgan fingerprint density at radius 1 is 1.25 bits per heavy atom. The van der Waals surface area contributed by atoms with Gasteiger partial charge in [-0.2, -0.15) is 0 Å². The van der Waals surface area contributed by atoms with Crippen molar-refractivity contribution in [2.24, 2.45) is 0 Å². The first-order chi connectivity index (χ1) is 11.5. The van der Waals surface area contributed by atoms with E-state index in [4.69, 9.17) is 16.3 Å². The Hall–Kier alpha value is -2.34. The molecule has 0 atom stereocenters. The SMILES string of the molecule is CCN(CC)c1cnc(C(=O)Nc2cc(C)c(Cl)cc2OC)cn1. The van der Waals surface area contributed by atoms with Crippen LogP contribution in [-0.2, 0) is 0 Å². The molecule has 0 bridgehead atoms. The van der Waals surface area contributed by atoms with E-state index in [0.29, 0.717) is 16.5 Å². The number of amides is 1. The molecule has 0 spiro atoms. The van der Waals surface area contributed by atoms with Gasteiger partial charge in [0.1, 0.15) is 17.3 Å². The van der Waals surface area contributed by atoms with Crippen LogP contribution in [0.4, 0.5) is 11.5 Å². The van der Waals surface area contributed by atoms with E-state index in [1.165, 1.54) is 13.3 Å². The molecule has 0 saturated carbocycles. The molecule has 1 aromatic heterocycles. The van der Waals surface area contributed by atoms with Gasteiger partial charge in [0.2, 0.25) is 0 Å². The number of rotatable bonds is 6. The van der Waals surface area contributed by atoms with Gasteiger partial charge in [0, 0.05) is 24.2 Å². The number of benzene rings is 1. The Balaban J connectivity index is 2.20. The minimum atomic E-state index is -0.353. The standard InChI is InChI=1S/C17H21ClN4O2/c1-5-22(6-2)16-10-19-14(9-20-16)17(23)21-13-7-11(3)12(18)8-15(13)24-4/h7-10H,5-6H2,1-4H3,(H,21,23). The minimum Gasteiger partial charge on any atom is -0.495 e. The summed E-state index contributed by atoms with van der Waals surface area (Å²) in [7, 11) is 1.52. The molecule has 1 N–H and O–H groups in total. The summed E-state index contributed by atoms with van der Waals surface area (Å²) in [6.45, 7) is 7.61. The molecule has 24 heavy (non-hydrogen) atoms.